The van der Waals surface area contributed by atoms with Crippen molar-refractivity contribution in [3.8, 4) is 17.2 Å². The molecular formula is C18H18F2N2O5S. The van der Waals surface area contributed by atoms with Crippen LogP contribution in [-0.2, 0) is 4.79 Å². The molecule has 28 heavy (non-hydrogen) atoms. The molecule has 0 aliphatic rings. The molecule has 0 aliphatic carbocycles. The largest absolute Gasteiger partial charge is 0.493 e. The number of alkyl halides is 2. The van der Waals surface area contributed by atoms with Crippen LogP contribution in [0.15, 0.2) is 41.3 Å². The first-order valence-electron chi connectivity index (χ1n) is 7.87. The quantitative estimate of drug-likeness (QED) is 0.614. The molecule has 0 heterocycles. The number of nitrogens with one attached hydrogen (secondary N) is 1. The van der Waals surface area contributed by atoms with Gasteiger partial charge in [-0.25, -0.2) is 0 Å². The molecule has 0 bridgehead atoms. The number of thioether (sulfide) groups is 1. The normalized spacial score (nSPS) is 10.5. The first-order valence-corrected chi connectivity index (χ1v) is 8.75. The van der Waals surface area contributed by atoms with Gasteiger partial charge in [-0.15, -0.1) is 0 Å². The predicted octanol–water partition coefficient (Wildman–Crippen LogP) is 3.13. The van der Waals surface area contributed by atoms with Gasteiger partial charge in [0.05, 0.1) is 14.2 Å². The highest BCUT2D eigenvalue weighted by Crippen LogP contribution is 2.38. The average Bonchev–Trinajstić information content (AvgIpc) is 2.66. The molecule has 2 rings (SSSR count). The number of anilines is 1. The van der Waals surface area contributed by atoms with Crippen LogP contribution in [0.4, 0.5) is 14.5 Å². The minimum absolute atomic E-state index is 0.133. The number of carbonyl (C=O) groups is 2. The zero-order chi connectivity index (χ0) is 20.7. The molecule has 2 amide bonds. The molecule has 0 aromatic heterocycles. The van der Waals surface area contributed by atoms with E-state index in [0.29, 0.717) is 22.3 Å². The van der Waals surface area contributed by atoms with Crippen LogP contribution in [0.5, 0.6) is 17.2 Å². The smallest absolute Gasteiger partial charge is 0.288 e. The standard InChI is InChI=1S/C18H18F2N2O5S/c1-25-13-7-10(8-14(26-2)16(13)27-9-15(21)23)17(24)22-11-3-5-12(6-4-11)28-18(19)20/h3-8,18H,9H2,1-2H3,(H2,21,23)(H,22,24). The summed E-state index contributed by atoms with van der Waals surface area (Å²) >= 11 is 0.415. The predicted molar refractivity (Wildman–Crippen MR) is 100 cm³/mol. The molecule has 0 spiro atoms. The lowest BCUT2D eigenvalue weighted by Gasteiger charge is -2.15. The Balaban J connectivity index is 2.21. The summed E-state index contributed by atoms with van der Waals surface area (Å²) in [5.41, 5.74) is 5.70. The third-order valence-corrected chi connectivity index (χ3v) is 4.14. The SMILES string of the molecule is COc1cc(C(=O)Nc2ccc(SC(F)F)cc2)cc(OC)c1OCC(N)=O. The van der Waals surface area contributed by atoms with Gasteiger partial charge in [-0.1, -0.05) is 11.8 Å². The summed E-state index contributed by atoms with van der Waals surface area (Å²) in [7, 11) is 2.74. The van der Waals surface area contributed by atoms with Gasteiger partial charge in [-0.05, 0) is 36.4 Å². The second-order valence-corrected chi connectivity index (χ2v) is 6.39. The molecule has 3 N–H and O–H groups in total. The van der Waals surface area contributed by atoms with E-state index in [1.165, 1.54) is 50.6 Å². The summed E-state index contributed by atoms with van der Waals surface area (Å²) < 4.78 is 40.4. The van der Waals surface area contributed by atoms with E-state index in [-0.39, 0.29) is 29.4 Å². The first-order chi connectivity index (χ1) is 13.3. The van der Waals surface area contributed by atoms with E-state index in [2.05, 4.69) is 5.32 Å². The van der Waals surface area contributed by atoms with Crippen LogP contribution in [0.25, 0.3) is 0 Å². The molecule has 0 fully saturated rings. The van der Waals surface area contributed by atoms with Crippen molar-refractivity contribution in [1.82, 2.24) is 0 Å². The molecule has 0 saturated carbocycles. The van der Waals surface area contributed by atoms with Crippen molar-refractivity contribution < 1.29 is 32.6 Å². The van der Waals surface area contributed by atoms with Gasteiger partial charge in [-0.3, -0.25) is 9.59 Å². The highest BCUT2D eigenvalue weighted by Gasteiger charge is 2.18. The van der Waals surface area contributed by atoms with Crippen LogP contribution in [0, 0.1) is 0 Å². The van der Waals surface area contributed by atoms with Gasteiger partial charge in [-0.2, -0.15) is 8.78 Å². The summed E-state index contributed by atoms with van der Waals surface area (Å²) in [6.07, 6.45) is 0. The lowest BCUT2D eigenvalue weighted by molar-refractivity contribution is -0.120. The Kier molecular flexibility index (Phi) is 7.44. The molecule has 2 aromatic rings. The fraction of sp³-hybridized carbons (Fsp3) is 0.222. The van der Waals surface area contributed by atoms with Crippen LogP contribution in [-0.4, -0.2) is 38.4 Å². The number of primary amides is 1. The molecule has 10 heteroatoms. The number of carbonyl (C=O) groups excluding carboxylic acids is 2. The van der Waals surface area contributed by atoms with Crippen LogP contribution >= 0.6 is 11.8 Å². The monoisotopic (exact) mass is 412 g/mol. The van der Waals surface area contributed by atoms with Crippen molar-refractivity contribution in [3.05, 3.63) is 42.0 Å². The summed E-state index contributed by atoms with van der Waals surface area (Å²) in [4.78, 5) is 23.9. The maximum atomic E-state index is 12.5. The van der Waals surface area contributed by atoms with Crippen molar-refractivity contribution >= 4 is 29.3 Å². The van der Waals surface area contributed by atoms with Crippen molar-refractivity contribution in [2.24, 2.45) is 5.73 Å². The van der Waals surface area contributed by atoms with Gasteiger partial charge in [0.15, 0.2) is 18.1 Å². The maximum Gasteiger partial charge on any atom is 0.288 e. The Labute approximate surface area is 164 Å². The Bertz CT molecular complexity index is 821. The number of halogens is 2. The lowest BCUT2D eigenvalue weighted by atomic mass is 10.1. The summed E-state index contributed by atoms with van der Waals surface area (Å²) in [6.45, 7) is -0.388. The second kappa shape index (κ2) is 9.79. The van der Waals surface area contributed by atoms with Gasteiger partial charge in [0.1, 0.15) is 0 Å². The van der Waals surface area contributed by atoms with Gasteiger partial charge in [0.25, 0.3) is 17.6 Å². The van der Waals surface area contributed by atoms with Crippen molar-refractivity contribution in [2.75, 3.05) is 26.1 Å². The van der Waals surface area contributed by atoms with Gasteiger partial charge < -0.3 is 25.3 Å². The Hall–Kier alpha value is -3.01. The molecule has 150 valence electrons. The highest BCUT2D eigenvalue weighted by molar-refractivity contribution is 7.99. The van der Waals surface area contributed by atoms with E-state index in [4.69, 9.17) is 19.9 Å². The summed E-state index contributed by atoms with van der Waals surface area (Å²) in [5, 5.41) is 2.65. The number of hydrogen-bond donors (Lipinski definition) is 2. The van der Waals surface area contributed by atoms with Gasteiger partial charge in [0.2, 0.25) is 5.75 Å². The van der Waals surface area contributed by atoms with Crippen LogP contribution in [0.3, 0.4) is 0 Å². The minimum atomic E-state index is -2.52. The molecule has 0 aliphatic heterocycles. The number of methoxy groups -OCH3 is 2. The van der Waals surface area contributed by atoms with Crippen molar-refractivity contribution in [1.29, 1.82) is 0 Å². The molecule has 2 aromatic carbocycles. The van der Waals surface area contributed by atoms with E-state index >= 15 is 0 Å². The van der Waals surface area contributed by atoms with E-state index in [1.54, 1.807) is 0 Å². The molecular weight excluding hydrogens is 394 g/mol. The summed E-state index contributed by atoms with van der Waals surface area (Å²) in [5.74, 6) is -3.19. The van der Waals surface area contributed by atoms with Crippen molar-refractivity contribution in [3.63, 3.8) is 0 Å². The topological polar surface area (TPSA) is 99.9 Å². The molecule has 7 nitrogen and oxygen atoms in total. The maximum absolute atomic E-state index is 12.5. The third-order valence-electron chi connectivity index (χ3n) is 3.42. The van der Waals surface area contributed by atoms with Gasteiger partial charge >= 0.3 is 0 Å². The van der Waals surface area contributed by atoms with Crippen molar-refractivity contribution in [2.45, 2.75) is 10.7 Å². The molecule has 0 unspecified atom stereocenters. The minimum Gasteiger partial charge on any atom is -0.493 e. The number of benzene rings is 2. The number of ether oxygens (including phenoxy) is 3. The summed E-state index contributed by atoms with van der Waals surface area (Å²) in [6, 6.07) is 8.82. The number of nitrogens with two attached hydrogens (primary N) is 1. The van der Waals surface area contributed by atoms with E-state index in [1.807, 2.05) is 0 Å². The number of rotatable bonds is 9. The Morgan fingerprint density at radius 2 is 1.68 bits per heavy atom. The zero-order valence-corrected chi connectivity index (χ0v) is 15.8. The second-order valence-electron chi connectivity index (χ2n) is 5.32. The van der Waals surface area contributed by atoms with Gasteiger partial charge in [0, 0.05) is 16.1 Å². The fourth-order valence-corrected chi connectivity index (χ4v) is 2.72. The number of hydrogen-bond acceptors (Lipinski definition) is 6. The lowest BCUT2D eigenvalue weighted by Crippen LogP contribution is -2.20. The Morgan fingerprint density at radius 3 is 2.14 bits per heavy atom. The average molecular weight is 412 g/mol. The molecule has 0 atom stereocenters. The van der Waals surface area contributed by atoms with E-state index in [0.717, 1.165) is 0 Å². The van der Waals surface area contributed by atoms with Crippen LogP contribution < -0.4 is 25.3 Å². The van der Waals surface area contributed by atoms with Crippen LogP contribution in [0.1, 0.15) is 10.4 Å². The van der Waals surface area contributed by atoms with Crippen LogP contribution in [0.2, 0.25) is 0 Å². The van der Waals surface area contributed by atoms with E-state index < -0.39 is 17.6 Å². The Morgan fingerprint density at radius 1 is 1.11 bits per heavy atom. The number of amides is 2. The molecule has 0 radical (unpaired) electrons. The first kappa shape index (κ1) is 21.3. The third kappa shape index (κ3) is 5.74. The van der Waals surface area contributed by atoms with E-state index in [9.17, 15) is 18.4 Å². The fourth-order valence-electron chi connectivity index (χ4n) is 2.22. The zero-order valence-electron chi connectivity index (χ0n) is 15.0. The highest BCUT2D eigenvalue weighted by atomic mass is 32.2. The molecule has 0 saturated heterocycles.